The molecule has 1 unspecified atom stereocenters. The van der Waals surface area contributed by atoms with Crippen LogP contribution in [0.1, 0.15) is 35.4 Å². The highest BCUT2D eigenvalue weighted by molar-refractivity contribution is 9.10. The third-order valence-corrected chi connectivity index (χ3v) is 4.71. The van der Waals surface area contributed by atoms with E-state index >= 15 is 0 Å². The van der Waals surface area contributed by atoms with Crippen LogP contribution in [0.25, 0.3) is 0 Å². The maximum atomic E-state index is 9.77. The van der Waals surface area contributed by atoms with Crippen LogP contribution < -0.4 is 0 Å². The van der Waals surface area contributed by atoms with Crippen LogP contribution in [0.5, 0.6) is 0 Å². The summed E-state index contributed by atoms with van der Waals surface area (Å²) in [5, 5.41) is 14.3. The van der Waals surface area contributed by atoms with Gasteiger partial charge in [0.1, 0.15) is 0 Å². The Kier molecular flexibility index (Phi) is 5.00. The molecule has 1 aromatic carbocycles. The highest BCUT2D eigenvalue weighted by atomic mass is 79.9. The van der Waals surface area contributed by atoms with E-state index in [2.05, 4.69) is 47.0 Å². The topological polar surface area (TPSA) is 38.0 Å². The van der Waals surface area contributed by atoms with Crippen LogP contribution in [-0.2, 0) is 19.9 Å². The van der Waals surface area contributed by atoms with E-state index in [0.717, 1.165) is 28.7 Å². The lowest BCUT2D eigenvalue weighted by Gasteiger charge is -2.17. The molecule has 0 aliphatic carbocycles. The zero-order chi connectivity index (χ0) is 14.7. The summed E-state index contributed by atoms with van der Waals surface area (Å²) in [6.07, 6.45) is 1.69. The minimum Gasteiger partial charge on any atom is -0.396 e. The number of halogens is 1. The van der Waals surface area contributed by atoms with E-state index in [9.17, 15) is 5.11 Å². The van der Waals surface area contributed by atoms with Crippen LogP contribution in [0, 0.1) is 6.92 Å². The number of aliphatic hydroxyl groups excluding tert-OH is 1. The van der Waals surface area contributed by atoms with E-state index in [4.69, 9.17) is 0 Å². The molecule has 0 fully saturated rings. The zero-order valence-electron chi connectivity index (χ0n) is 12.2. The highest BCUT2D eigenvalue weighted by Crippen LogP contribution is 2.29. The van der Waals surface area contributed by atoms with Crippen LogP contribution >= 0.6 is 15.9 Å². The molecule has 0 radical (unpaired) electrons. The number of aryl methyl sites for hydroxylation is 3. The monoisotopic (exact) mass is 336 g/mol. The first-order chi connectivity index (χ1) is 9.58. The molecule has 3 nitrogen and oxygen atoms in total. The lowest BCUT2D eigenvalue weighted by atomic mass is 9.91. The fourth-order valence-electron chi connectivity index (χ4n) is 2.59. The minimum absolute atomic E-state index is 0.104. The van der Waals surface area contributed by atoms with Gasteiger partial charge in [-0.1, -0.05) is 31.2 Å². The van der Waals surface area contributed by atoms with Gasteiger partial charge in [-0.3, -0.25) is 4.68 Å². The third kappa shape index (κ3) is 2.96. The van der Waals surface area contributed by atoms with Gasteiger partial charge in [0.05, 0.1) is 22.5 Å². The van der Waals surface area contributed by atoms with Crippen molar-refractivity contribution in [2.24, 2.45) is 7.05 Å². The SMILES string of the molecule is CCc1nn(C)c(CC(CO)c2ccccc2C)c1Br. The normalized spacial score (nSPS) is 12.7. The molecule has 0 aliphatic heterocycles. The Bertz CT molecular complexity index is 592. The Labute approximate surface area is 128 Å². The molecule has 0 bridgehead atoms. The lowest BCUT2D eigenvalue weighted by Crippen LogP contribution is -2.12. The zero-order valence-corrected chi connectivity index (χ0v) is 13.8. The Morgan fingerprint density at radius 1 is 1.35 bits per heavy atom. The summed E-state index contributed by atoms with van der Waals surface area (Å²) in [7, 11) is 1.96. The Morgan fingerprint density at radius 2 is 2.05 bits per heavy atom. The average molecular weight is 337 g/mol. The molecule has 4 heteroatoms. The molecule has 20 heavy (non-hydrogen) atoms. The van der Waals surface area contributed by atoms with Crippen molar-refractivity contribution in [1.82, 2.24) is 9.78 Å². The second-order valence-electron chi connectivity index (χ2n) is 5.12. The van der Waals surface area contributed by atoms with Crippen molar-refractivity contribution < 1.29 is 5.11 Å². The first-order valence-electron chi connectivity index (χ1n) is 6.95. The number of hydrogen-bond donors (Lipinski definition) is 1. The van der Waals surface area contributed by atoms with Gasteiger partial charge < -0.3 is 5.11 Å². The van der Waals surface area contributed by atoms with Crippen molar-refractivity contribution in [3.05, 3.63) is 51.3 Å². The number of rotatable bonds is 5. The molecular formula is C16H21BrN2O. The minimum atomic E-state index is 0.104. The van der Waals surface area contributed by atoms with Crippen LogP contribution in [0.3, 0.4) is 0 Å². The van der Waals surface area contributed by atoms with Gasteiger partial charge in [-0.05, 0) is 46.8 Å². The summed E-state index contributed by atoms with van der Waals surface area (Å²) in [6.45, 7) is 4.33. The van der Waals surface area contributed by atoms with Gasteiger partial charge >= 0.3 is 0 Å². The summed E-state index contributed by atoms with van der Waals surface area (Å²) in [5.41, 5.74) is 4.65. The van der Waals surface area contributed by atoms with Crippen molar-refractivity contribution in [2.45, 2.75) is 32.6 Å². The fourth-order valence-corrected chi connectivity index (χ4v) is 3.37. The van der Waals surface area contributed by atoms with E-state index in [1.165, 1.54) is 11.1 Å². The quantitative estimate of drug-likeness (QED) is 0.908. The number of hydrogen-bond acceptors (Lipinski definition) is 2. The number of nitrogens with zero attached hydrogens (tertiary/aromatic N) is 2. The molecule has 2 aromatic rings. The molecule has 0 saturated carbocycles. The Morgan fingerprint density at radius 3 is 2.60 bits per heavy atom. The molecule has 1 heterocycles. The molecule has 0 spiro atoms. The molecular weight excluding hydrogens is 316 g/mol. The van der Waals surface area contributed by atoms with Crippen LogP contribution in [0.15, 0.2) is 28.7 Å². The maximum absolute atomic E-state index is 9.77. The smallest absolute Gasteiger partial charge is 0.0766 e. The molecule has 1 atom stereocenters. The van der Waals surface area contributed by atoms with E-state index in [-0.39, 0.29) is 12.5 Å². The van der Waals surface area contributed by atoms with Crippen molar-refractivity contribution >= 4 is 15.9 Å². The largest absolute Gasteiger partial charge is 0.396 e. The van der Waals surface area contributed by atoms with E-state index in [0.29, 0.717) is 0 Å². The summed E-state index contributed by atoms with van der Waals surface area (Å²) < 4.78 is 3.00. The van der Waals surface area contributed by atoms with E-state index in [1.54, 1.807) is 0 Å². The Balaban J connectivity index is 2.32. The maximum Gasteiger partial charge on any atom is 0.0766 e. The summed E-state index contributed by atoms with van der Waals surface area (Å²) in [4.78, 5) is 0. The van der Waals surface area contributed by atoms with Crippen molar-refractivity contribution in [3.8, 4) is 0 Å². The van der Waals surface area contributed by atoms with Gasteiger partial charge in [-0.2, -0.15) is 5.10 Å². The van der Waals surface area contributed by atoms with E-state index < -0.39 is 0 Å². The van der Waals surface area contributed by atoms with Crippen molar-refractivity contribution in [2.75, 3.05) is 6.61 Å². The molecule has 2 rings (SSSR count). The predicted molar refractivity (Wildman–Crippen MR) is 85.0 cm³/mol. The lowest BCUT2D eigenvalue weighted by molar-refractivity contribution is 0.262. The van der Waals surface area contributed by atoms with Gasteiger partial charge in [0.15, 0.2) is 0 Å². The molecule has 1 aromatic heterocycles. The number of aliphatic hydroxyl groups is 1. The number of aromatic nitrogens is 2. The molecule has 0 amide bonds. The van der Waals surface area contributed by atoms with Crippen molar-refractivity contribution in [3.63, 3.8) is 0 Å². The molecule has 1 N–H and O–H groups in total. The molecule has 0 saturated heterocycles. The van der Waals surface area contributed by atoms with Crippen molar-refractivity contribution in [1.29, 1.82) is 0 Å². The number of benzene rings is 1. The Hall–Kier alpha value is -1.13. The standard InChI is InChI=1S/C16H21BrN2O/c1-4-14-16(17)15(19(3)18-14)9-12(10-20)13-8-6-5-7-11(13)2/h5-8,12,20H,4,9-10H2,1-3H3. The highest BCUT2D eigenvalue weighted by Gasteiger charge is 2.19. The van der Waals surface area contributed by atoms with E-state index in [1.807, 2.05) is 23.9 Å². The average Bonchev–Trinajstić information content (AvgIpc) is 2.72. The van der Waals surface area contributed by atoms with Gasteiger partial charge in [0.25, 0.3) is 0 Å². The second-order valence-corrected chi connectivity index (χ2v) is 5.92. The summed E-state index contributed by atoms with van der Waals surface area (Å²) in [6, 6.07) is 8.25. The summed E-state index contributed by atoms with van der Waals surface area (Å²) in [5.74, 6) is 0.104. The van der Waals surface area contributed by atoms with Gasteiger partial charge in [-0.25, -0.2) is 0 Å². The first-order valence-corrected chi connectivity index (χ1v) is 7.74. The summed E-state index contributed by atoms with van der Waals surface area (Å²) >= 11 is 3.65. The predicted octanol–water partition coefficient (Wildman–Crippen LogP) is 3.37. The van der Waals surface area contributed by atoms with Crippen LogP contribution in [0.4, 0.5) is 0 Å². The van der Waals surface area contributed by atoms with Gasteiger partial charge in [0.2, 0.25) is 0 Å². The molecule has 108 valence electrons. The van der Waals surface area contributed by atoms with Crippen LogP contribution in [0.2, 0.25) is 0 Å². The van der Waals surface area contributed by atoms with Gasteiger partial charge in [0, 0.05) is 13.0 Å². The van der Waals surface area contributed by atoms with Crippen LogP contribution in [-0.4, -0.2) is 21.5 Å². The molecule has 0 aliphatic rings. The fraction of sp³-hybridized carbons (Fsp3) is 0.438. The first kappa shape index (κ1) is 15.3. The third-order valence-electron chi connectivity index (χ3n) is 3.79. The second kappa shape index (κ2) is 6.55. The van der Waals surface area contributed by atoms with Gasteiger partial charge in [-0.15, -0.1) is 0 Å².